The van der Waals surface area contributed by atoms with Crippen LogP contribution >= 0.6 is 11.8 Å². The van der Waals surface area contributed by atoms with E-state index in [0.29, 0.717) is 34.9 Å². The number of amides is 1. The Kier molecular flexibility index (Phi) is 10.7. The van der Waals surface area contributed by atoms with Gasteiger partial charge in [0.15, 0.2) is 0 Å². The molecule has 0 aromatic heterocycles. The molecule has 2 heterocycles. The number of methoxy groups -OCH3 is 1. The van der Waals surface area contributed by atoms with Gasteiger partial charge in [0.2, 0.25) is 0 Å². The zero-order valence-electron chi connectivity index (χ0n) is 22.1. The van der Waals surface area contributed by atoms with Crippen LogP contribution in [0.3, 0.4) is 0 Å². The van der Waals surface area contributed by atoms with E-state index in [2.05, 4.69) is 33.2 Å². The molecule has 0 saturated heterocycles. The average Bonchev–Trinajstić information content (AvgIpc) is 3.73. The number of ether oxygens (including phenoxy) is 1. The van der Waals surface area contributed by atoms with E-state index in [9.17, 15) is 13.6 Å². The van der Waals surface area contributed by atoms with Gasteiger partial charge in [-0.1, -0.05) is 11.8 Å². The number of nitrogens with zero attached hydrogens (tertiary/aromatic N) is 1. The Morgan fingerprint density at radius 2 is 2.16 bits per heavy atom. The van der Waals surface area contributed by atoms with Crippen LogP contribution < -0.4 is 33.0 Å². The van der Waals surface area contributed by atoms with Crippen LogP contribution in [0.1, 0.15) is 19.8 Å². The van der Waals surface area contributed by atoms with Crippen LogP contribution in [0.4, 0.5) is 8.78 Å². The predicted octanol–water partition coefficient (Wildman–Crippen LogP) is 1.22. The minimum atomic E-state index is -2.65. The van der Waals surface area contributed by atoms with Gasteiger partial charge in [-0.05, 0) is 43.6 Å². The molecule has 2 aliphatic heterocycles. The predicted molar refractivity (Wildman–Crippen MR) is 147 cm³/mol. The Morgan fingerprint density at radius 1 is 1.42 bits per heavy atom. The Balaban J connectivity index is 1.99. The molecule has 8 N–H and O–H groups in total. The monoisotopic (exact) mass is 549 g/mol. The first-order chi connectivity index (χ1) is 18.2. The van der Waals surface area contributed by atoms with Gasteiger partial charge in [-0.25, -0.2) is 14.2 Å². The summed E-state index contributed by atoms with van der Waals surface area (Å²) < 4.78 is 32.8. The highest BCUT2D eigenvalue weighted by Gasteiger charge is 2.31. The summed E-state index contributed by atoms with van der Waals surface area (Å²) in [5.74, 6) is 12.4. The van der Waals surface area contributed by atoms with Crippen LogP contribution in [-0.2, 0) is 9.53 Å². The van der Waals surface area contributed by atoms with Gasteiger partial charge in [-0.2, -0.15) is 0 Å². The number of thioether (sulfide) groups is 1. The lowest BCUT2D eigenvalue weighted by Gasteiger charge is -2.33. The van der Waals surface area contributed by atoms with Crippen molar-refractivity contribution in [1.82, 2.24) is 26.3 Å². The molecule has 0 aromatic rings. The molecule has 0 aromatic carbocycles. The summed E-state index contributed by atoms with van der Waals surface area (Å²) in [7, 11) is 5.08. The van der Waals surface area contributed by atoms with Gasteiger partial charge in [0.25, 0.3) is 12.3 Å². The second-order valence-electron chi connectivity index (χ2n) is 9.06. The third kappa shape index (κ3) is 7.54. The number of nitrogens with two attached hydrogens (primary N) is 2. The first-order valence-electron chi connectivity index (χ1n) is 12.4. The molecule has 0 radical (unpaired) electrons. The van der Waals surface area contributed by atoms with E-state index < -0.39 is 12.5 Å². The molecule has 12 heteroatoms. The van der Waals surface area contributed by atoms with Crippen molar-refractivity contribution < 1.29 is 18.3 Å². The van der Waals surface area contributed by atoms with Crippen LogP contribution in [-0.4, -0.2) is 68.3 Å². The van der Waals surface area contributed by atoms with Gasteiger partial charge >= 0.3 is 0 Å². The first kappa shape index (κ1) is 29.6. The van der Waals surface area contributed by atoms with Gasteiger partial charge in [0, 0.05) is 50.4 Å². The summed E-state index contributed by atoms with van der Waals surface area (Å²) in [6.45, 7) is 2.38. The van der Waals surface area contributed by atoms with E-state index in [4.69, 9.17) is 16.3 Å². The van der Waals surface area contributed by atoms with Gasteiger partial charge in [0.1, 0.15) is 17.2 Å². The van der Waals surface area contributed by atoms with Crippen molar-refractivity contribution in [2.75, 3.05) is 34.3 Å². The molecule has 38 heavy (non-hydrogen) atoms. The summed E-state index contributed by atoms with van der Waals surface area (Å²) in [5, 5.41) is 8.09. The fourth-order valence-electron chi connectivity index (χ4n) is 4.05. The number of rotatable bonds is 11. The van der Waals surface area contributed by atoms with Crippen molar-refractivity contribution in [3.8, 4) is 11.8 Å². The van der Waals surface area contributed by atoms with Crippen molar-refractivity contribution >= 4 is 17.7 Å². The quantitative estimate of drug-likeness (QED) is 0.0975. The van der Waals surface area contributed by atoms with E-state index in [1.165, 1.54) is 31.1 Å². The molecule has 1 aliphatic carbocycles. The number of allylic oxidation sites excluding steroid dienone is 2. The van der Waals surface area contributed by atoms with Gasteiger partial charge < -0.3 is 31.3 Å². The second-order valence-corrected chi connectivity index (χ2v) is 10.5. The van der Waals surface area contributed by atoms with E-state index in [-0.39, 0.29) is 23.2 Å². The molecule has 1 fully saturated rings. The Morgan fingerprint density at radius 3 is 2.74 bits per heavy atom. The number of nitrogens with one attached hydrogen (secondary N) is 4. The SMILES string of the molecule is CN/C(=C\CN)C1=CC(C2=CC(C(F)F)NC=C2OC)=C(C(=O)NC(C)SC(C#CC2CC2)NN)CN1C. The zero-order valence-corrected chi connectivity index (χ0v) is 22.9. The summed E-state index contributed by atoms with van der Waals surface area (Å²) in [4.78, 5) is 15.5. The Hall–Kier alpha value is -2.98. The molecule has 1 amide bonds. The molecule has 3 unspecified atom stereocenters. The number of halogens is 2. The van der Waals surface area contributed by atoms with Gasteiger partial charge in [-0.15, -0.1) is 11.8 Å². The molecule has 9 nitrogen and oxygen atoms in total. The molecular formula is C26H37F2N7O2S. The molecule has 0 bridgehead atoms. The van der Waals surface area contributed by atoms with Crippen LogP contribution in [0, 0.1) is 17.8 Å². The van der Waals surface area contributed by atoms with Crippen LogP contribution in [0.2, 0.25) is 0 Å². The molecule has 1 saturated carbocycles. The van der Waals surface area contributed by atoms with Crippen LogP contribution in [0.5, 0.6) is 0 Å². The Bertz CT molecular complexity index is 1100. The largest absolute Gasteiger partial charge is 0.495 e. The number of hydrogen-bond acceptors (Lipinski definition) is 9. The first-order valence-corrected chi connectivity index (χ1v) is 13.3. The lowest BCUT2D eigenvalue weighted by Crippen LogP contribution is -2.41. The zero-order chi connectivity index (χ0) is 27.8. The third-order valence-corrected chi connectivity index (χ3v) is 7.23. The second kappa shape index (κ2) is 13.7. The van der Waals surface area contributed by atoms with Crippen molar-refractivity contribution in [2.24, 2.45) is 17.5 Å². The summed E-state index contributed by atoms with van der Waals surface area (Å²) >= 11 is 1.38. The van der Waals surface area contributed by atoms with Crippen molar-refractivity contribution in [3.63, 3.8) is 0 Å². The maximum absolute atomic E-state index is 13.7. The molecule has 3 atom stereocenters. The van der Waals surface area contributed by atoms with E-state index >= 15 is 0 Å². The van der Waals surface area contributed by atoms with Crippen molar-refractivity contribution in [2.45, 2.75) is 43.0 Å². The number of alkyl halides is 2. The number of dihydropyridines is 1. The van der Waals surface area contributed by atoms with Crippen molar-refractivity contribution in [1.29, 1.82) is 0 Å². The van der Waals surface area contributed by atoms with Crippen LogP contribution in [0.25, 0.3) is 0 Å². The van der Waals surface area contributed by atoms with Crippen LogP contribution in [0.15, 0.2) is 58.3 Å². The number of likely N-dealkylation sites (N-methyl/N-ethyl adjacent to an activating group) is 2. The third-order valence-electron chi connectivity index (χ3n) is 6.18. The number of carbonyl (C=O) groups excluding carboxylic acids is 1. The maximum atomic E-state index is 13.7. The lowest BCUT2D eigenvalue weighted by molar-refractivity contribution is -0.117. The van der Waals surface area contributed by atoms with Gasteiger partial charge in [0.05, 0.1) is 23.9 Å². The highest BCUT2D eigenvalue weighted by atomic mass is 32.2. The van der Waals surface area contributed by atoms with Gasteiger partial charge in [-0.3, -0.25) is 10.6 Å². The molecule has 208 valence electrons. The highest BCUT2D eigenvalue weighted by molar-refractivity contribution is 8.00. The topological polar surface area (TPSA) is 130 Å². The standard InChI is InChI=1S/C26H37F2N7O2S/c1-15(38-24(34-30)8-7-16-5-6-16)33-26(36)19-14-35(3)22(20(31-2)9-10-29)12-17(19)18-11-21(25(27)28)32-13-23(18)37-4/h9,11-13,15-16,21,24-25,31-32,34H,5-6,10,14,29-30H2,1-4H3,(H,33,36)/b20-9-. The van der Waals surface area contributed by atoms with E-state index in [0.717, 1.165) is 24.2 Å². The number of carbonyl (C=O) groups is 1. The molecule has 3 aliphatic rings. The van der Waals surface area contributed by atoms with E-state index in [1.54, 1.807) is 13.1 Å². The molecule has 3 rings (SSSR count). The number of hydrogen-bond donors (Lipinski definition) is 6. The summed E-state index contributed by atoms with van der Waals surface area (Å²) in [5.41, 5.74) is 11.3. The number of hydrazine groups is 1. The smallest absolute Gasteiger partial charge is 0.261 e. The fraction of sp³-hybridized carbons (Fsp3) is 0.500. The molecular weight excluding hydrogens is 512 g/mol. The fourth-order valence-corrected chi connectivity index (χ4v) is 4.85. The Labute approximate surface area is 227 Å². The lowest BCUT2D eigenvalue weighted by atomic mass is 9.90. The highest BCUT2D eigenvalue weighted by Crippen LogP contribution is 2.34. The normalized spacial score (nSPS) is 21.4. The summed E-state index contributed by atoms with van der Waals surface area (Å²) in [6.07, 6.45) is 5.98. The summed E-state index contributed by atoms with van der Waals surface area (Å²) in [6, 6.07) is -1.23. The minimum absolute atomic E-state index is 0.231. The minimum Gasteiger partial charge on any atom is -0.495 e. The van der Waals surface area contributed by atoms with Crippen molar-refractivity contribution in [3.05, 3.63) is 58.3 Å². The molecule has 0 spiro atoms. The average molecular weight is 550 g/mol. The maximum Gasteiger partial charge on any atom is 0.261 e. The van der Waals surface area contributed by atoms with E-state index in [1.807, 2.05) is 24.9 Å².